The number of hydrogen-bond acceptors (Lipinski definition) is 4. The molecule has 0 radical (unpaired) electrons. The highest BCUT2D eigenvalue weighted by Crippen LogP contribution is 2.24. The van der Waals surface area contributed by atoms with Gasteiger partial charge in [0.15, 0.2) is 5.96 Å². The SMILES string of the molecule is NC(=O)C1Cc2ccccc2CN1C(=O)C(CCCN=C(N)N)NC(=O)c1ccccc1. The molecule has 2 atom stereocenters. The molecule has 0 fully saturated rings. The fourth-order valence-electron chi connectivity index (χ4n) is 3.80. The van der Waals surface area contributed by atoms with Gasteiger partial charge in [-0.25, -0.2) is 0 Å². The lowest BCUT2D eigenvalue weighted by atomic mass is 9.92. The fraction of sp³-hybridized carbons (Fsp3) is 0.304. The van der Waals surface area contributed by atoms with Gasteiger partial charge in [-0.15, -0.1) is 0 Å². The van der Waals surface area contributed by atoms with E-state index >= 15 is 0 Å². The van der Waals surface area contributed by atoms with Gasteiger partial charge in [0.05, 0.1) is 0 Å². The summed E-state index contributed by atoms with van der Waals surface area (Å²) in [5.74, 6) is -1.36. The summed E-state index contributed by atoms with van der Waals surface area (Å²) in [7, 11) is 0. The first kappa shape index (κ1) is 22.8. The van der Waals surface area contributed by atoms with Crippen molar-refractivity contribution in [1.82, 2.24) is 10.2 Å². The van der Waals surface area contributed by atoms with Crippen LogP contribution in [0.5, 0.6) is 0 Å². The van der Waals surface area contributed by atoms with E-state index in [1.165, 1.54) is 4.90 Å². The Labute approximate surface area is 186 Å². The molecule has 3 amide bonds. The molecule has 2 unspecified atom stereocenters. The van der Waals surface area contributed by atoms with Crippen LogP contribution in [0, 0.1) is 0 Å². The minimum absolute atomic E-state index is 0.0392. The zero-order valence-electron chi connectivity index (χ0n) is 17.7. The Balaban J connectivity index is 1.82. The normalized spacial score (nSPS) is 15.9. The van der Waals surface area contributed by atoms with Gasteiger partial charge in [-0.1, -0.05) is 42.5 Å². The summed E-state index contributed by atoms with van der Waals surface area (Å²) in [6, 6.07) is 14.6. The van der Waals surface area contributed by atoms with E-state index in [1.807, 2.05) is 24.3 Å². The number of fused-ring (bicyclic) bond motifs is 1. The highest BCUT2D eigenvalue weighted by atomic mass is 16.2. The molecule has 0 aliphatic carbocycles. The van der Waals surface area contributed by atoms with E-state index in [0.29, 0.717) is 31.4 Å². The summed E-state index contributed by atoms with van der Waals surface area (Å²) in [4.78, 5) is 43.9. The van der Waals surface area contributed by atoms with Crippen LogP contribution < -0.4 is 22.5 Å². The van der Waals surface area contributed by atoms with Gasteiger partial charge >= 0.3 is 0 Å². The van der Waals surface area contributed by atoms with Crippen LogP contribution in [0.2, 0.25) is 0 Å². The maximum atomic E-state index is 13.5. The molecule has 0 aromatic heterocycles. The van der Waals surface area contributed by atoms with Gasteiger partial charge in [0.25, 0.3) is 5.91 Å². The van der Waals surface area contributed by atoms with E-state index in [9.17, 15) is 14.4 Å². The van der Waals surface area contributed by atoms with Crippen molar-refractivity contribution in [3.8, 4) is 0 Å². The second-order valence-corrected chi connectivity index (χ2v) is 7.70. The molecular formula is C23H28N6O3. The van der Waals surface area contributed by atoms with E-state index in [-0.39, 0.29) is 24.3 Å². The van der Waals surface area contributed by atoms with Crippen LogP contribution >= 0.6 is 0 Å². The smallest absolute Gasteiger partial charge is 0.251 e. The molecule has 0 saturated carbocycles. The number of guanidine groups is 1. The number of primary amides is 1. The van der Waals surface area contributed by atoms with Gasteiger partial charge in [-0.2, -0.15) is 0 Å². The minimum atomic E-state index is -0.857. The quantitative estimate of drug-likeness (QED) is 0.265. The molecule has 168 valence electrons. The van der Waals surface area contributed by atoms with Gasteiger partial charge in [0, 0.05) is 25.1 Å². The van der Waals surface area contributed by atoms with E-state index in [1.54, 1.807) is 30.3 Å². The third-order valence-corrected chi connectivity index (χ3v) is 5.44. The van der Waals surface area contributed by atoms with Crippen molar-refractivity contribution in [2.24, 2.45) is 22.2 Å². The minimum Gasteiger partial charge on any atom is -0.370 e. The maximum absolute atomic E-state index is 13.5. The lowest BCUT2D eigenvalue weighted by Crippen LogP contribution is -2.57. The van der Waals surface area contributed by atoms with E-state index < -0.39 is 18.0 Å². The Kier molecular flexibility index (Phi) is 7.43. The first-order valence-corrected chi connectivity index (χ1v) is 10.4. The number of nitrogens with zero attached hydrogens (tertiary/aromatic N) is 2. The van der Waals surface area contributed by atoms with Crippen molar-refractivity contribution in [2.75, 3.05) is 6.54 Å². The van der Waals surface area contributed by atoms with Gasteiger partial charge in [0.1, 0.15) is 12.1 Å². The molecule has 1 aliphatic heterocycles. The summed E-state index contributed by atoms with van der Waals surface area (Å²) in [6.45, 7) is 0.559. The summed E-state index contributed by atoms with van der Waals surface area (Å²) >= 11 is 0. The number of rotatable bonds is 8. The largest absolute Gasteiger partial charge is 0.370 e. The zero-order chi connectivity index (χ0) is 23.1. The number of benzene rings is 2. The predicted octanol–water partition coefficient (Wildman–Crippen LogP) is 0.277. The fourth-order valence-corrected chi connectivity index (χ4v) is 3.80. The van der Waals surface area contributed by atoms with Crippen molar-refractivity contribution < 1.29 is 14.4 Å². The second kappa shape index (κ2) is 10.4. The molecule has 9 nitrogen and oxygen atoms in total. The van der Waals surface area contributed by atoms with Crippen LogP contribution in [-0.2, 0) is 22.6 Å². The van der Waals surface area contributed by atoms with Crippen LogP contribution in [-0.4, -0.2) is 47.2 Å². The Bertz CT molecular complexity index is 1000. The molecule has 2 aromatic carbocycles. The molecule has 0 bridgehead atoms. The van der Waals surface area contributed by atoms with Crippen LogP contribution in [0.3, 0.4) is 0 Å². The Morgan fingerprint density at radius 1 is 1.00 bits per heavy atom. The summed E-state index contributed by atoms with van der Waals surface area (Å²) in [5.41, 5.74) is 18.7. The first-order chi connectivity index (χ1) is 15.4. The van der Waals surface area contributed by atoms with Gasteiger partial charge in [-0.3, -0.25) is 19.4 Å². The molecular weight excluding hydrogens is 408 g/mol. The van der Waals surface area contributed by atoms with Gasteiger partial charge < -0.3 is 27.4 Å². The van der Waals surface area contributed by atoms with Crippen molar-refractivity contribution in [3.63, 3.8) is 0 Å². The van der Waals surface area contributed by atoms with Crippen LogP contribution in [0.15, 0.2) is 59.6 Å². The van der Waals surface area contributed by atoms with Crippen molar-refractivity contribution in [1.29, 1.82) is 0 Å². The van der Waals surface area contributed by atoms with Crippen LogP contribution in [0.25, 0.3) is 0 Å². The average Bonchev–Trinajstić information content (AvgIpc) is 2.79. The molecule has 1 aliphatic rings. The van der Waals surface area contributed by atoms with Crippen molar-refractivity contribution in [3.05, 3.63) is 71.3 Å². The van der Waals surface area contributed by atoms with Crippen LogP contribution in [0.1, 0.15) is 34.3 Å². The van der Waals surface area contributed by atoms with Gasteiger partial charge in [0.2, 0.25) is 11.8 Å². The zero-order valence-corrected chi connectivity index (χ0v) is 17.7. The van der Waals surface area contributed by atoms with Gasteiger partial charge in [-0.05, 0) is 36.1 Å². The van der Waals surface area contributed by atoms with E-state index in [0.717, 1.165) is 11.1 Å². The van der Waals surface area contributed by atoms with Crippen molar-refractivity contribution in [2.45, 2.75) is 37.9 Å². The molecule has 0 spiro atoms. The van der Waals surface area contributed by atoms with Crippen LogP contribution in [0.4, 0.5) is 0 Å². The molecule has 3 rings (SSSR count). The Hall–Kier alpha value is -3.88. The maximum Gasteiger partial charge on any atom is 0.251 e. The Morgan fingerprint density at radius 3 is 2.31 bits per heavy atom. The highest BCUT2D eigenvalue weighted by Gasteiger charge is 2.36. The third-order valence-electron chi connectivity index (χ3n) is 5.44. The van der Waals surface area contributed by atoms with E-state index in [2.05, 4.69) is 10.3 Å². The number of amides is 3. The molecule has 1 heterocycles. The number of hydrogen-bond donors (Lipinski definition) is 4. The molecule has 0 saturated heterocycles. The summed E-state index contributed by atoms with van der Waals surface area (Å²) < 4.78 is 0. The number of nitrogens with two attached hydrogens (primary N) is 3. The molecule has 7 N–H and O–H groups in total. The summed E-state index contributed by atoms with van der Waals surface area (Å²) in [5, 5.41) is 2.81. The molecule has 9 heteroatoms. The molecule has 32 heavy (non-hydrogen) atoms. The van der Waals surface area contributed by atoms with E-state index in [4.69, 9.17) is 17.2 Å². The number of nitrogens with one attached hydrogen (secondary N) is 1. The predicted molar refractivity (Wildman–Crippen MR) is 121 cm³/mol. The average molecular weight is 437 g/mol. The molecule has 2 aromatic rings. The first-order valence-electron chi connectivity index (χ1n) is 10.4. The number of carbonyl (C=O) groups is 3. The lowest BCUT2D eigenvalue weighted by Gasteiger charge is -2.37. The topological polar surface area (TPSA) is 157 Å². The number of aliphatic imine (C=N–C) groups is 1. The highest BCUT2D eigenvalue weighted by molar-refractivity contribution is 5.98. The summed E-state index contributed by atoms with van der Waals surface area (Å²) in [6.07, 6.45) is 1.11. The monoisotopic (exact) mass is 436 g/mol. The lowest BCUT2D eigenvalue weighted by molar-refractivity contribution is -0.142. The van der Waals surface area contributed by atoms with Crippen molar-refractivity contribution >= 4 is 23.7 Å². The number of carbonyl (C=O) groups excluding carboxylic acids is 3. The standard InChI is InChI=1S/C23H28N6O3/c24-20(30)19-13-16-9-4-5-10-17(16)14-29(19)22(32)18(11-6-12-27-23(25)26)28-21(31)15-7-2-1-3-8-15/h1-5,7-10,18-19H,6,11-14H2,(H2,24,30)(H,28,31)(H4,25,26,27). The Morgan fingerprint density at radius 2 is 1.66 bits per heavy atom. The second-order valence-electron chi connectivity index (χ2n) is 7.70. The third kappa shape index (κ3) is 5.63.